The van der Waals surface area contributed by atoms with E-state index in [4.69, 9.17) is 9.26 Å². The number of aliphatic hydroxyl groups is 1. The number of carbonyl (C=O) groups is 1. The molecule has 3 atom stereocenters. The van der Waals surface area contributed by atoms with Crippen LogP contribution in [0.15, 0.2) is 52.1 Å². The lowest BCUT2D eigenvalue weighted by Gasteiger charge is -2.34. The Morgan fingerprint density at radius 1 is 1.23 bits per heavy atom. The van der Waals surface area contributed by atoms with Gasteiger partial charge < -0.3 is 19.3 Å². The number of anilines is 1. The number of hydrogen-bond acceptors (Lipinski definition) is 9. The Morgan fingerprint density at radius 2 is 1.95 bits per heavy atom. The number of likely N-dealkylation sites (N-methyl/N-ethyl adjacent to an activating group) is 1. The third-order valence-electron chi connectivity index (χ3n) is 7.10. The number of aliphatic hydroxyl groups excluding tert-OH is 1. The zero-order valence-corrected chi connectivity index (χ0v) is 24.3. The number of ether oxygens (including phenoxy) is 1. The van der Waals surface area contributed by atoms with Gasteiger partial charge in [0.25, 0.3) is 10.0 Å². The van der Waals surface area contributed by atoms with E-state index < -0.39 is 10.0 Å². The molecule has 2 N–H and O–H groups in total. The normalized spacial score (nSPS) is 18.9. The Kier molecular flexibility index (Phi) is 9.12. The molecule has 0 spiro atoms. The summed E-state index contributed by atoms with van der Waals surface area (Å²) in [4.78, 5) is 21.4. The Hall–Kier alpha value is -3.48. The van der Waals surface area contributed by atoms with Crippen molar-refractivity contribution in [1.29, 1.82) is 0 Å². The number of aryl methyl sites for hydroxylation is 2. The van der Waals surface area contributed by atoms with Crippen molar-refractivity contribution in [2.75, 3.05) is 31.5 Å². The molecule has 2 aromatic heterocycles. The number of aromatic nitrogens is 2. The van der Waals surface area contributed by atoms with E-state index in [1.54, 1.807) is 42.4 Å². The minimum Gasteiger partial charge on any atom is -0.488 e. The number of nitrogens with zero attached hydrogens (tertiary/aromatic N) is 4. The lowest BCUT2D eigenvalue weighted by atomic mass is 10.0. The second-order valence-corrected chi connectivity index (χ2v) is 12.1. The van der Waals surface area contributed by atoms with Crippen molar-refractivity contribution in [2.24, 2.45) is 5.92 Å². The number of sulfonamides is 1. The molecule has 4 rings (SSSR count). The maximum Gasteiger partial charge on any atom is 0.267 e. The van der Waals surface area contributed by atoms with Crippen molar-refractivity contribution in [3.63, 3.8) is 0 Å². The summed E-state index contributed by atoms with van der Waals surface area (Å²) in [5.74, 6) is 0.477. The molecule has 216 valence electrons. The molecule has 0 bridgehead atoms. The number of hydrogen-bond donors (Lipinski definition) is 2. The molecule has 3 aromatic rings. The topological polar surface area (TPSA) is 138 Å². The van der Waals surface area contributed by atoms with E-state index in [0.29, 0.717) is 30.9 Å². The van der Waals surface area contributed by atoms with Crippen molar-refractivity contribution in [1.82, 2.24) is 19.9 Å². The highest BCUT2D eigenvalue weighted by atomic mass is 32.2. The van der Waals surface area contributed by atoms with E-state index in [2.05, 4.69) is 19.8 Å². The lowest BCUT2D eigenvalue weighted by Crippen LogP contribution is -2.47. The van der Waals surface area contributed by atoms with E-state index in [1.165, 1.54) is 6.92 Å². The van der Waals surface area contributed by atoms with Crippen molar-refractivity contribution < 1.29 is 27.6 Å². The van der Waals surface area contributed by atoms with Gasteiger partial charge in [0.15, 0.2) is 10.7 Å². The summed E-state index contributed by atoms with van der Waals surface area (Å²) in [6, 6.07) is 8.49. The third kappa shape index (κ3) is 6.80. The first-order valence-corrected chi connectivity index (χ1v) is 14.7. The molecule has 0 radical (unpaired) electrons. The lowest BCUT2D eigenvalue weighted by molar-refractivity contribution is -0.134. The average Bonchev–Trinajstić information content (AvgIpc) is 3.27. The fourth-order valence-corrected chi connectivity index (χ4v) is 6.33. The van der Waals surface area contributed by atoms with Crippen molar-refractivity contribution in [2.45, 2.75) is 57.7 Å². The minimum atomic E-state index is -3.97. The molecule has 11 nitrogen and oxygen atoms in total. The Morgan fingerprint density at radius 3 is 2.60 bits per heavy atom. The van der Waals surface area contributed by atoms with Gasteiger partial charge in [-0.25, -0.2) is 8.42 Å². The molecule has 3 heterocycles. The molecule has 0 aliphatic carbocycles. The van der Waals surface area contributed by atoms with Gasteiger partial charge in [0.1, 0.15) is 17.5 Å². The summed E-state index contributed by atoms with van der Waals surface area (Å²) in [6.07, 6.45) is 3.23. The van der Waals surface area contributed by atoms with Crippen LogP contribution < -0.4 is 9.46 Å². The number of benzene rings is 1. The molecular weight excluding hydrogens is 534 g/mol. The fourth-order valence-electron chi connectivity index (χ4n) is 4.95. The molecule has 0 unspecified atom stereocenters. The number of amides is 1. The number of pyridine rings is 1. The average molecular weight is 572 g/mol. The predicted octanol–water partition coefficient (Wildman–Crippen LogP) is 2.77. The Labute approximate surface area is 235 Å². The zero-order valence-electron chi connectivity index (χ0n) is 23.5. The number of fused-ring (bicyclic) bond motifs is 1. The zero-order chi connectivity index (χ0) is 29.0. The van der Waals surface area contributed by atoms with Crippen molar-refractivity contribution in [3.05, 3.63) is 65.3 Å². The quantitative estimate of drug-likeness (QED) is 0.397. The van der Waals surface area contributed by atoms with Gasteiger partial charge in [-0.05, 0) is 63.7 Å². The molecule has 0 fully saturated rings. The van der Waals surface area contributed by atoms with Gasteiger partial charge in [-0.3, -0.25) is 19.4 Å². The summed E-state index contributed by atoms with van der Waals surface area (Å²) in [6.45, 7) is 8.46. The molecule has 1 aromatic carbocycles. The van der Waals surface area contributed by atoms with Crippen LogP contribution in [0.4, 0.5) is 5.69 Å². The number of carbonyl (C=O) groups excluding carboxylic acids is 1. The first-order chi connectivity index (χ1) is 19.0. The molecule has 1 aliphatic heterocycles. The van der Waals surface area contributed by atoms with E-state index in [1.807, 2.05) is 33.0 Å². The van der Waals surface area contributed by atoms with Gasteiger partial charge in [-0.15, -0.1) is 0 Å². The number of rotatable bonds is 9. The third-order valence-corrected chi connectivity index (χ3v) is 8.72. The fraction of sp³-hybridized carbons (Fsp3) is 0.464. The van der Waals surface area contributed by atoms with Gasteiger partial charge in [0.2, 0.25) is 5.91 Å². The van der Waals surface area contributed by atoms with Crippen LogP contribution in [-0.2, 0) is 27.8 Å². The molecular formula is C28H37N5O6S. The molecule has 0 saturated carbocycles. The largest absolute Gasteiger partial charge is 0.488 e. The van der Waals surface area contributed by atoms with Gasteiger partial charge >= 0.3 is 0 Å². The highest BCUT2D eigenvalue weighted by Crippen LogP contribution is 2.31. The molecule has 1 amide bonds. The van der Waals surface area contributed by atoms with Gasteiger partial charge in [0.05, 0.1) is 19.1 Å². The van der Waals surface area contributed by atoms with Crippen LogP contribution in [0.5, 0.6) is 5.75 Å². The second-order valence-electron chi connectivity index (χ2n) is 10.5. The predicted molar refractivity (Wildman–Crippen MR) is 149 cm³/mol. The molecule has 0 saturated heterocycles. The summed E-state index contributed by atoms with van der Waals surface area (Å²) in [5.41, 5.74) is 2.22. The summed E-state index contributed by atoms with van der Waals surface area (Å²) >= 11 is 0. The standard InChI is InChI=1S/C28H37N5O6S/c1-18-14-33(19(2)17-34)27(35)13-23-12-24(31-40(36,37)28-20(3)30-39-21(28)4)6-7-25(23)38-26(18)16-32(5)15-22-8-10-29-11-9-22/h6-12,18-19,26,31,34H,13-17H2,1-5H3/t18-,19+,26-/m0/s1. The minimum absolute atomic E-state index is 0.00709. The Balaban J connectivity index is 1.65. The maximum atomic E-state index is 13.5. The van der Waals surface area contributed by atoms with Crippen LogP contribution in [0.25, 0.3) is 0 Å². The van der Waals surface area contributed by atoms with Crippen LogP contribution >= 0.6 is 0 Å². The van der Waals surface area contributed by atoms with E-state index >= 15 is 0 Å². The van der Waals surface area contributed by atoms with E-state index in [0.717, 1.165) is 5.56 Å². The van der Waals surface area contributed by atoms with Crippen LogP contribution in [0.2, 0.25) is 0 Å². The maximum absolute atomic E-state index is 13.5. The number of nitrogens with one attached hydrogen (secondary N) is 1. The van der Waals surface area contributed by atoms with E-state index in [-0.39, 0.29) is 59.0 Å². The molecule has 1 aliphatic rings. The van der Waals surface area contributed by atoms with Gasteiger partial charge in [-0.2, -0.15) is 0 Å². The highest BCUT2D eigenvalue weighted by molar-refractivity contribution is 7.92. The summed E-state index contributed by atoms with van der Waals surface area (Å²) in [7, 11) is -1.97. The molecule has 40 heavy (non-hydrogen) atoms. The van der Waals surface area contributed by atoms with Gasteiger partial charge in [0, 0.05) is 49.2 Å². The molecule has 12 heteroatoms. The van der Waals surface area contributed by atoms with Crippen molar-refractivity contribution in [3.8, 4) is 5.75 Å². The van der Waals surface area contributed by atoms with Crippen LogP contribution in [0, 0.1) is 19.8 Å². The van der Waals surface area contributed by atoms with Crippen LogP contribution in [0.3, 0.4) is 0 Å². The van der Waals surface area contributed by atoms with Crippen LogP contribution in [-0.4, -0.2) is 78.3 Å². The Bertz CT molecular complexity index is 1410. The van der Waals surface area contributed by atoms with Crippen LogP contribution in [0.1, 0.15) is 36.4 Å². The highest BCUT2D eigenvalue weighted by Gasteiger charge is 2.31. The first kappa shape index (κ1) is 29.5. The summed E-state index contributed by atoms with van der Waals surface area (Å²) in [5, 5.41) is 13.6. The summed E-state index contributed by atoms with van der Waals surface area (Å²) < 4.78 is 40.4. The SMILES string of the molecule is Cc1noc(C)c1S(=O)(=O)Nc1ccc2c(c1)CC(=O)N([C@H](C)CO)C[C@H](C)[C@H](CN(C)Cc1ccncc1)O2. The first-order valence-electron chi connectivity index (χ1n) is 13.2. The monoisotopic (exact) mass is 571 g/mol. The van der Waals surface area contributed by atoms with E-state index in [9.17, 15) is 18.3 Å². The van der Waals surface area contributed by atoms with Gasteiger partial charge in [-0.1, -0.05) is 12.1 Å². The smallest absolute Gasteiger partial charge is 0.267 e. The van der Waals surface area contributed by atoms with Crippen molar-refractivity contribution >= 4 is 21.6 Å². The second kappa shape index (κ2) is 12.4.